The fourth-order valence-corrected chi connectivity index (χ4v) is 4.51. The van der Waals surface area contributed by atoms with Crippen LogP contribution in [0.5, 0.6) is 0 Å². The maximum Gasteiger partial charge on any atom is 0.110 e. The van der Waals surface area contributed by atoms with Crippen LogP contribution >= 0.6 is 0 Å². The van der Waals surface area contributed by atoms with Gasteiger partial charge in [-0.05, 0) is 56.9 Å². The number of fused-ring (bicyclic) bond motifs is 2. The van der Waals surface area contributed by atoms with Crippen LogP contribution in [0.1, 0.15) is 51.8 Å². The summed E-state index contributed by atoms with van der Waals surface area (Å²) in [5.74, 6) is 4.17. The molecule has 2 saturated carbocycles. The Morgan fingerprint density at radius 2 is 2.25 bits per heavy atom. The molecule has 112 valence electrons. The number of aryl methyl sites for hydroxylation is 1. The smallest absolute Gasteiger partial charge is 0.110 e. The van der Waals surface area contributed by atoms with Crippen LogP contribution in [-0.4, -0.2) is 22.1 Å². The van der Waals surface area contributed by atoms with Crippen LogP contribution in [0.4, 0.5) is 0 Å². The molecule has 3 rings (SSSR count). The number of nitrogens with one attached hydrogen (secondary N) is 1. The normalized spacial score (nSPS) is 30.0. The molecule has 2 fully saturated rings. The second-order valence-corrected chi connectivity index (χ2v) is 6.73. The molecule has 1 aromatic heterocycles. The zero-order valence-corrected chi connectivity index (χ0v) is 13.0. The lowest BCUT2D eigenvalue weighted by molar-refractivity contribution is 0.243. The number of aromatic nitrogens is 2. The second kappa shape index (κ2) is 6.30. The summed E-state index contributed by atoms with van der Waals surface area (Å²) >= 11 is 0. The van der Waals surface area contributed by atoms with Crippen molar-refractivity contribution in [3.8, 4) is 0 Å². The quantitative estimate of drug-likeness (QED) is 0.828. The van der Waals surface area contributed by atoms with Gasteiger partial charge in [0, 0.05) is 31.4 Å². The van der Waals surface area contributed by atoms with E-state index in [1.807, 2.05) is 6.20 Å². The highest BCUT2D eigenvalue weighted by molar-refractivity contribution is 5.01. The molecule has 2 aliphatic rings. The summed E-state index contributed by atoms with van der Waals surface area (Å²) in [6, 6.07) is 0.637. The van der Waals surface area contributed by atoms with Crippen molar-refractivity contribution in [2.45, 2.75) is 65.0 Å². The third-order valence-corrected chi connectivity index (χ3v) is 5.51. The number of rotatable bonds is 7. The Balaban J connectivity index is 1.69. The average Bonchev–Trinajstić information content (AvgIpc) is 3.18. The predicted molar refractivity (Wildman–Crippen MR) is 82.6 cm³/mol. The highest BCUT2D eigenvalue weighted by Crippen LogP contribution is 2.49. The lowest BCUT2D eigenvalue weighted by atomic mass is 9.82. The molecular formula is C17H29N3. The molecular weight excluding hydrogens is 246 g/mol. The largest absolute Gasteiger partial charge is 0.335 e. The Bertz CT molecular complexity index is 426. The van der Waals surface area contributed by atoms with Crippen molar-refractivity contribution >= 4 is 0 Å². The Kier molecular flexibility index (Phi) is 4.45. The summed E-state index contributed by atoms with van der Waals surface area (Å²) in [6.45, 7) is 6.65. The number of hydrogen-bond acceptors (Lipinski definition) is 2. The number of hydrogen-bond donors (Lipinski definition) is 1. The van der Waals surface area contributed by atoms with Crippen LogP contribution < -0.4 is 5.32 Å². The molecule has 0 radical (unpaired) electrons. The van der Waals surface area contributed by atoms with Crippen molar-refractivity contribution in [2.75, 3.05) is 6.54 Å². The van der Waals surface area contributed by atoms with E-state index in [1.165, 1.54) is 37.9 Å². The Morgan fingerprint density at radius 3 is 2.90 bits per heavy atom. The second-order valence-electron chi connectivity index (χ2n) is 6.73. The summed E-state index contributed by atoms with van der Waals surface area (Å²) in [6.07, 6.45) is 12.3. The molecule has 3 heteroatoms. The Morgan fingerprint density at radius 1 is 1.35 bits per heavy atom. The van der Waals surface area contributed by atoms with Crippen LogP contribution in [-0.2, 0) is 13.0 Å². The third-order valence-electron chi connectivity index (χ3n) is 5.51. The van der Waals surface area contributed by atoms with Gasteiger partial charge < -0.3 is 9.88 Å². The van der Waals surface area contributed by atoms with Crippen molar-refractivity contribution < 1.29 is 0 Å². The van der Waals surface area contributed by atoms with E-state index >= 15 is 0 Å². The predicted octanol–water partition coefficient (Wildman–Crippen LogP) is 3.25. The molecule has 2 aliphatic carbocycles. The van der Waals surface area contributed by atoms with Gasteiger partial charge >= 0.3 is 0 Å². The third kappa shape index (κ3) is 2.78. The Hall–Kier alpha value is -0.830. The lowest BCUT2D eigenvalue weighted by Crippen LogP contribution is -2.41. The summed E-state index contributed by atoms with van der Waals surface area (Å²) in [5, 5.41) is 3.83. The van der Waals surface area contributed by atoms with Crippen molar-refractivity contribution in [3.05, 3.63) is 18.2 Å². The highest BCUT2D eigenvalue weighted by Gasteiger charge is 2.43. The molecule has 0 saturated heterocycles. The molecule has 1 heterocycles. The van der Waals surface area contributed by atoms with Gasteiger partial charge in [-0.3, -0.25) is 0 Å². The lowest BCUT2D eigenvalue weighted by Gasteiger charge is -2.31. The molecule has 3 nitrogen and oxygen atoms in total. The van der Waals surface area contributed by atoms with Crippen LogP contribution in [0.25, 0.3) is 0 Å². The van der Waals surface area contributed by atoms with Crippen molar-refractivity contribution in [1.29, 1.82) is 0 Å². The van der Waals surface area contributed by atoms with Gasteiger partial charge in [0.25, 0.3) is 0 Å². The van der Waals surface area contributed by atoms with Gasteiger partial charge in [0.15, 0.2) is 0 Å². The minimum absolute atomic E-state index is 0.637. The molecule has 2 bridgehead atoms. The topological polar surface area (TPSA) is 29.9 Å². The van der Waals surface area contributed by atoms with E-state index in [0.717, 1.165) is 37.3 Å². The van der Waals surface area contributed by atoms with E-state index in [9.17, 15) is 0 Å². The fraction of sp³-hybridized carbons (Fsp3) is 0.824. The van der Waals surface area contributed by atoms with Gasteiger partial charge in [-0.25, -0.2) is 4.98 Å². The van der Waals surface area contributed by atoms with Gasteiger partial charge in [0.1, 0.15) is 5.82 Å². The van der Waals surface area contributed by atoms with Crippen LogP contribution in [0, 0.1) is 17.8 Å². The van der Waals surface area contributed by atoms with Gasteiger partial charge in [-0.15, -0.1) is 0 Å². The van der Waals surface area contributed by atoms with E-state index in [2.05, 4.69) is 34.9 Å². The Labute approximate surface area is 123 Å². The van der Waals surface area contributed by atoms with E-state index < -0.39 is 0 Å². The molecule has 0 aliphatic heterocycles. The van der Waals surface area contributed by atoms with Gasteiger partial charge in [-0.2, -0.15) is 0 Å². The zero-order valence-electron chi connectivity index (χ0n) is 13.0. The molecule has 0 aromatic carbocycles. The summed E-state index contributed by atoms with van der Waals surface area (Å²) < 4.78 is 2.30. The molecule has 4 atom stereocenters. The minimum atomic E-state index is 0.637. The van der Waals surface area contributed by atoms with Gasteiger partial charge in [-0.1, -0.05) is 13.3 Å². The van der Waals surface area contributed by atoms with Gasteiger partial charge in [0.05, 0.1) is 0 Å². The first-order valence-corrected chi connectivity index (χ1v) is 8.55. The first kappa shape index (κ1) is 14.1. The summed E-state index contributed by atoms with van der Waals surface area (Å²) in [5.41, 5.74) is 0. The average molecular weight is 275 g/mol. The first-order valence-electron chi connectivity index (χ1n) is 8.55. The SMILES string of the molecule is CCCNC(Cc1nccn1CC)C1CC2CCC1C2. The molecule has 1 aromatic rings. The van der Waals surface area contributed by atoms with Gasteiger partial charge in [0.2, 0.25) is 0 Å². The summed E-state index contributed by atoms with van der Waals surface area (Å²) in [4.78, 5) is 4.59. The van der Waals surface area contributed by atoms with Crippen molar-refractivity contribution in [3.63, 3.8) is 0 Å². The number of imidazole rings is 1. The molecule has 0 spiro atoms. The van der Waals surface area contributed by atoms with Crippen LogP contribution in [0.15, 0.2) is 12.4 Å². The summed E-state index contributed by atoms with van der Waals surface area (Å²) in [7, 11) is 0. The maximum atomic E-state index is 4.59. The van der Waals surface area contributed by atoms with E-state index in [1.54, 1.807) is 0 Å². The highest BCUT2D eigenvalue weighted by atomic mass is 15.1. The fourth-order valence-electron chi connectivity index (χ4n) is 4.51. The number of nitrogens with zero attached hydrogens (tertiary/aromatic N) is 2. The zero-order chi connectivity index (χ0) is 13.9. The standard InChI is InChI=1S/C17H29N3/c1-3-7-18-16(12-17-19-8-9-20(17)4-2)15-11-13-5-6-14(15)10-13/h8-9,13-16,18H,3-7,10-12H2,1-2H3. The molecule has 1 N–H and O–H groups in total. The molecule has 20 heavy (non-hydrogen) atoms. The first-order chi connectivity index (χ1) is 9.81. The molecule has 0 amide bonds. The molecule has 4 unspecified atom stereocenters. The van der Waals surface area contributed by atoms with Crippen molar-refractivity contribution in [1.82, 2.24) is 14.9 Å². The van der Waals surface area contributed by atoms with E-state index in [4.69, 9.17) is 0 Å². The van der Waals surface area contributed by atoms with E-state index in [-0.39, 0.29) is 0 Å². The minimum Gasteiger partial charge on any atom is -0.335 e. The monoisotopic (exact) mass is 275 g/mol. The van der Waals surface area contributed by atoms with Crippen LogP contribution in [0.2, 0.25) is 0 Å². The van der Waals surface area contributed by atoms with Crippen molar-refractivity contribution in [2.24, 2.45) is 17.8 Å². The van der Waals surface area contributed by atoms with Crippen LogP contribution in [0.3, 0.4) is 0 Å². The van der Waals surface area contributed by atoms with E-state index in [0.29, 0.717) is 6.04 Å². The maximum absolute atomic E-state index is 4.59.